The van der Waals surface area contributed by atoms with Crippen molar-refractivity contribution in [3.63, 3.8) is 0 Å². The van der Waals surface area contributed by atoms with Crippen LogP contribution in [0, 0.1) is 17.5 Å². The number of ether oxygens (including phenoxy) is 1. The van der Waals surface area contributed by atoms with Gasteiger partial charge in [-0.2, -0.15) is 0 Å². The van der Waals surface area contributed by atoms with Gasteiger partial charge in [0.05, 0.1) is 12.2 Å². The molecule has 0 saturated heterocycles. The first-order chi connectivity index (χ1) is 10.0. The molecule has 0 aliphatic rings. The van der Waals surface area contributed by atoms with E-state index in [9.17, 15) is 18.3 Å². The lowest BCUT2D eigenvalue weighted by atomic mass is 10.00. The van der Waals surface area contributed by atoms with Crippen molar-refractivity contribution in [2.24, 2.45) is 0 Å². The number of hydrogen-bond acceptors (Lipinski definition) is 2. The van der Waals surface area contributed by atoms with E-state index >= 15 is 0 Å². The van der Waals surface area contributed by atoms with Crippen molar-refractivity contribution >= 4 is 0 Å². The fourth-order valence-corrected chi connectivity index (χ4v) is 1.98. The van der Waals surface area contributed by atoms with Crippen molar-refractivity contribution in [3.05, 3.63) is 65.0 Å². The highest BCUT2D eigenvalue weighted by Gasteiger charge is 2.21. The van der Waals surface area contributed by atoms with Gasteiger partial charge in [-0.25, -0.2) is 13.2 Å². The van der Waals surface area contributed by atoms with Crippen LogP contribution in [0.15, 0.2) is 36.4 Å². The number of hydrogen-bond donors (Lipinski definition) is 1. The van der Waals surface area contributed by atoms with E-state index in [1.54, 1.807) is 12.1 Å². The molecule has 0 fully saturated rings. The molecule has 0 aliphatic heterocycles. The summed E-state index contributed by atoms with van der Waals surface area (Å²) in [6.45, 7) is 2.45. The summed E-state index contributed by atoms with van der Waals surface area (Å²) in [6, 6.07) is 7.40. The average Bonchev–Trinajstić information content (AvgIpc) is 2.44. The second-order valence-corrected chi connectivity index (χ2v) is 4.61. The van der Waals surface area contributed by atoms with Crippen LogP contribution in [0.4, 0.5) is 13.2 Å². The molecule has 21 heavy (non-hydrogen) atoms. The Morgan fingerprint density at radius 2 is 1.76 bits per heavy atom. The molecule has 112 valence electrons. The van der Waals surface area contributed by atoms with Crippen LogP contribution in [-0.2, 0) is 0 Å². The lowest BCUT2D eigenvalue weighted by Gasteiger charge is -2.15. The van der Waals surface area contributed by atoms with Crippen molar-refractivity contribution in [2.75, 3.05) is 6.61 Å². The summed E-state index contributed by atoms with van der Waals surface area (Å²) in [5, 5.41) is 10.1. The van der Waals surface area contributed by atoms with Gasteiger partial charge < -0.3 is 9.84 Å². The predicted molar refractivity (Wildman–Crippen MR) is 72.6 cm³/mol. The minimum Gasteiger partial charge on any atom is -0.494 e. The molecular formula is C16H15F3O2. The van der Waals surface area contributed by atoms with Crippen LogP contribution in [0.1, 0.15) is 30.6 Å². The van der Waals surface area contributed by atoms with Gasteiger partial charge in [0.25, 0.3) is 0 Å². The van der Waals surface area contributed by atoms with E-state index in [2.05, 4.69) is 0 Å². The van der Waals surface area contributed by atoms with Gasteiger partial charge in [-0.3, -0.25) is 0 Å². The molecule has 2 aromatic rings. The van der Waals surface area contributed by atoms with Crippen LogP contribution >= 0.6 is 0 Å². The first-order valence-electron chi connectivity index (χ1n) is 6.58. The third-order valence-electron chi connectivity index (χ3n) is 2.96. The molecule has 2 rings (SSSR count). The summed E-state index contributed by atoms with van der Waals surface area (Å²) in [7, 11) is 0. The molecule has 0 bridgehead atoms. The minimum absolute atomic E-state index is 0.271. The smallest absolute Gasteiger partial charge is 0.135 e. The van der Waals surface area contributed by atoms with E-state index in [1.807, 2.05) is 6.92 Å². The van der Waals surface area contributed by atoms with Gasteiger partial charge in [-0.15, -0.1) is 0 Å². The minimum atomic E-state index is -1.53. The molecule has 1 atom stereocenters. The maximum Gasteiger partial charge on any atom is 0.135 e. The lowest BCUT2D eigenvalue weighted by Crippen LogP contribution is -2.07. The van der Waals surface area contributed by atoms with Crippen LogP contribution in [0.2, 0.25) is 0 Å². The monoisotopic (exact) mass is 296 g/mol. The largest absolute Gasteiger partial charge is 0.494 e. The fraction of sp³-hybridized carbons (Fsp3) is 0.250. The van der Waals surface area contributed by atoms with Crippen molar-refractivity contribution < 1.29 is 23.0 Å². The standard InChI is InChI=1S/C16H15F3O2/c1-2-6-21-12-5-3-4-10(7-12)16(20)15-13(18)8-11(17)9-14(15)19/h3-5,7-9,16,20H,2,6H2,1H3. The molecule has 2 nitrogen and oxygen atoms in total. The number of aliphatic hydroxyl groups is 1. The quantitative estimate of drug-likeness (QED) is 0.904. The topological polar surface area (TPSA) is 29.5 Å². The number of benzene rings is 2. The molecule has 0 amide bonds. The van der Waals surface area contributed by atoms with Gasteiger partial charge >= 0.3 is 0 Å². The number of aliphatic hydroxyl groups excluding tert-OH is 1. The molecule has 0 saturated carbocycles. The molecular weight excluding hydrogens is 281 g/mol. The zero-order valence-electron chi connectivity index (χ0n) is 11.4. The molecule has 2 aromatic carbocycles. The summed E-state index contributed by atoms with van der Waals surface area (Å²) < 4.78 is 45.7. The number of rotatable bonds is 5. The highest BCUT2D eigenvalue weighted by Crippen LogP contribution is 2.29. The maximum atomic E-state index is 13.7. The highest BCUT2D eigenvalue weighted by molar-refractivity contribution is 5.36. The van der Waals surface area contributed by atoms with Gasteiger partial charge in [-0.1, -0.05) is 19.1 Å². The maximum absolute atomic E-state index is 13.7. The second kappa shape index (κ2) is 6.63. The molecule has 5 heteroatoms. The average molecular weight is 296 g/mol. The molecule has 0 aromatic heterocycles. The Morgan fingerprint density at radius 1 is 1.10 bits per heavy atom. The van der Waals surface area contributed by atoms with Crippen LogP contribution in [0.25, 0.3) is 0 Å². The number of halogens is 3. The lowest BCUT2D eigenvalue weighted by molar-refractivity contribution is 0.207. The SMILES string of the molecule is CCCOc1cccc(C(O)c2c(F)cc(F)cc2F)c1. The second-order valence-electron chi connectivity index (χ2n) is 4.61. The van der Waals surface area contributed by atoms with E-state index in [0.29, 0.717) is 24.5 Å². The van der Waals surface area contributed by atoms with E-state index in [-0.39, 0.29) is 5.56 Å². The normalized spacial score (nSPS) is 12.2. The van der Waals surface area contributed by atoms with Crippen molar-refractivity contribution in [1.29, 1.82) is 0 Å². The zero-order chi connectivity index (χ0) is 15.4. The molecule has 0 aliphatic carbocycles. The predicted octanol–water partition coefficient (Wildman–Crippen LogP) is 3.97. The van der Waals surface area contributed by atoms with Gasteiger partial charge in [-0.05, 0) is 24.1 Å². The Kier molecular flexibility index (Phi) is 4.85. The van der Waals surface area contributed by atoms with Crippen LogP contribution < -0.4 is 4.74 Å². The Bertz CT molecular complexity index is 606. The van der Waals surface area contributed by atoms with Crippen molar-refractivity contribution in [2.45, 2.75) is 19.4 Å². The first-order valence-corrected chi connectivity index (χ1v) is 6.58. The van der Waals surface area contributed by atoms with Gasteiger partial charge in [0, 0.05) is 12.1 Å². The Labute approximate surface area is 120 Å². The third-order valence-corrected chi connectivity index (χ3v) is 2.96. The Morgan fingerprint density at radius 3 is 2.38 bits per heavy atom. The summed E-state index contributed by atoms with van der Waals surface area (Å²) in [4.78, 5) is 0. The van der Waals surface area contributed by atoms with E-state index in [1.165, 1.54) is 12.1 Å². The summed E-state index contributed by atoms with van der Waals surface area (Å²) in [6.07, 6.45) is -0.718. The van der Waals surface area contributed by atoms with Crippen LogP contribution in [0.3, 0.4) is 0 Å². The van der Waals surface area contributed by atoms with Crippen LogP contribution in [-0.4, -0.2) is 11.7 Å². The van der Waals surface area contributed by atoms with Crippen LogP contribution in [0.5, 0.6) is 5.75 Å². The fourth-order valence-electron chi connectivity index (χ4n) is 1.98. The molecule has 0 spiro atoms. The highest BCUT2D eigenvalue weighted by atomic mass is 19.1. The molecule has 0 radical (unpaired) electrons. The van der Waals surface area contributed by atoms with E-state index < -0.39 is 29.1 Å². The van der Waals surface area contributed by atoms with Gasteiger partial charge in [0.1, 0.15) is 29.3 Å². The molecule has 1 unspecified atom stereocenters. The Hall–Kier alpha value is -2.01. The van der Waals surface area contributed by atoms with Crippen molar-refractivity contribution in [1.82, 2.24) is 0 Å². The van der Waals surface area contributed by atoms with E-state index in [0.717, 1.165) is 6.42 Å². The molecule has 1 N–H and O–H groups in total. The summed E-state index contributed by atoms with van der Waals surface area (Å²) >= 11 is 0. The summed E-state index contributed by atoms with van der Waals surface area (Å²) in [5.74, 6) is -2.78. The van der Waals surface area contributed by atoms with Gasteiger partial charge in [0.15, 0.2) is 0 Å². The first kappa shape index (κ1) is 15.4. The zero-order valence-corrected chi connectivity index (χ0v) is 11.4. The van der Waals surface area contributed by atoms with Crippen molar-refractivity contribution in [3.8, 4) is 5.75 Å². The third kappa shape index (κ3) is 3.55. The molecule has 0 heterocycles. The van der Waals surface area contributed by atoms with E-state index in [4.69, 9.17) is 4.74 Å². The Balaban J connectivity index is 2.34. The van der Waals surface area contributed by atoms with Gasteiger partial charge in [0.2, 0.25) is 0 Å². The summed E-state index contributed by atoms with van der Waals surface area (Å²) in [5.41, 5.74) is -0.308.